The molecule has 19 heteroatoms. The van der Waals surface area contributed by atoms with Crippen molar-refractivity contribution < 1.29 is 32.7 Å². The molecule has 5 fully saturated rings. The molecule has 6 aliphatic rings. The maximum absolute atomic E-state index is 16.3. The zero-order chi connectivity index (χ0) is 46.8. The zero-order valence-corrected chi connectivity index (χ0v) is 39.0. The van der Waals surface area contributed by atoms with Gasteiger partial charge in [-0.15, -0.1) is 5.10 Å². The molecule has 3 N–H and O–H groups in total. The van der Waals surface area contributed by atoms with Gasteiger partial charge in [0.05, 0.1) is 47.3 Å². The fourth-order valence-corrected chi connectivity index (χ4v) is 11.6. The summed E-state index contributed by atoms with van der Waals surface area (Å²) in [7, 11) is 3.46. The Kier molecular flexibility index (Phi) is 12.1. The molecular formula is C48H58ClF2N11O5. The Bertz CT molecular complexity index is 2610. The molecule has 1 spiro atoms. The van der Waals surface area contributed by atoms with E-state index in [9.17, 15) is 19.2 Å². The summed E-state index contributed by atoms with van der Waals surface area (Å²) in [5.41, 5.74) is 6.23. The van der Waals surface area contributed by atoms with Gasteiger partial charge in [-0.25, -0.2) is 23.1 Å². The van der Waals surface area contributed by atoms with Crippen LogP contribution in [0.1, 0.15) is 88.9 Å². The number of alkyl halides is 2. The van der Waals surface area contributed by atoms with Crippen molar-refractivity contribution in [1.82, 2.24) is 39.9 Å². The first-order valence-electron chi connectivity index (χ1n) is 23.6. The normalized spacial score (nSPS) is 24.1. The Morgan fingerprint density at radius 3 is 2.40 bits per heavy atom. The summed E-state index contributed by atoms with van der Waals surface area (Å²) in [4.78, 5) is 65.4. The summed E-state index contributed by atoms with van der Waals surface area (Å²) in [6.45, 7) is 5.64. The number of ether oxygens (including phenoxy) is 1. The van der Waals surface area contributed by atoms with Crippen molar-refractivity contribution in [3.63, 3.8) is 0 Å². The molecule has 10 rings (SSSR count). The average Bonchev–Trinajstić information content (AvgIpc) is 3.95. The number of anilines is 4. The summed E-state index contributed by atoms with van der Waals surface area (Å²) in [6.07, 6.45) is 7.77. The minimum atomic E-state index is -2.89. The fourth-order valence-electron chi connectivity index (χ4n) is 11.3. The maximum atomic E-state index is 16.3. The van der Waals surface area contributed by atoms with E-state index in [0.717, 1.165) is 67.4 Å². The van der Waals surface area contributed by atoms with Gasteiger partial charge in [0.1, 0.15) is 0 Å². The molecule has 356 valence electrons. The van der Waals surface area contributed by atoms with Crippen LogP contribution in [0, 0.1) is 12.3 Å². The lowest BCUT2D eigenvalue weighted by Gasteiger charge is -2.51. The Morgan fingerprint density at radius 1 is 0.940 bits per heavy atom. The van der Waals surface area contributed by atoms with Gasteiger partial charge in [-0.1, -0.05) is 23.7 Å². The van der Waals surface area contributed by atoms with Crippen LogP contribution in [0.3, 0.4) is 0 Å². The third-order valence-electron chi connectivity index (χ3n) is 15.5. The minimum Gasteiger partial charge on any atom is -0.385 e. The van der Waals surface area contributed by atoms with Crippen LogP contribution in [-0.4, -0.2) is 144 Å². The molecule has 2 aromatic carbocycles. The first kappa shape index (κ1) is 45.4. The van der Waals surface area contributed by atoms with Crippen molar-refractivity contribution in [2.45, 2.75) is 95.4 Å². The van der Waals surface area contributed by atoms with Crippen molar-refractivity contribution in [2.24, 2.45) is 5.41 Å². The first-order valence-corrected chi connectivity index (χ1v) is 24.0. The van der Waals surface area contributed by atoms with Crippen LogP contribution in [0.2, 0.25) is 5.02 Å². The second-order valence-electron chi connectivity index (χ2n) is 19.3. The number of carbonyl (C=O) groups excluding carboxylic acids is 4. The molecule has 2 aromatic heterocycles. The van der Waals surface area contributed by atoms with Gasteiger partial charge in [-0.05, 0) is 112 Å². The molecule has 0 radical (unpaired) electrons. The summed E-state index contributed by atoms with van der Waals surface area (Å²) in [5, 5.41) is 13.9. The number of likely N-dealkylation sites (tertiary alicyclic amines) is 3. The molecule has 1 saturated carbocycles. The van der Waals surface area contributed by atoms with Crippen LogP contribution in [0.5, 0.6) is 0 Å². The van der Waals surface area contributed by atoms with Crippen molar-refractivity contribution in [3.8, 4) is 0 Å². The average molecular weight is 943 g/mol. The molecular weight excluding hydrogens is 884 g/mol. The number of hydrogen-bond acceptors (Lipinski definition) is 11. The van der Waals surface area contributed by atoms with E-state index in [0.29, 0.717) is 91.2 Å². The Balaban J connectivity index is 0.750. The molecule has 4 aromatic rings. The number of methoxy groups -OCH3 is 1. The second kappa shape index (κ2) is 17.9. The number of urea groups is 1. The van der Waals surface area contributed by atoms with Gasteiger partial charge < -0.3 is 25.2 Å². The van der Waals surface area contributed by atoms with Gasteiger partial charge in [-0.3, -0.25) is 34.4 Å². The van der Waals surface area contributed by atoms with Crippen LogP contribution in [0.15, 0.2) is 42.6 Å². The standard InChI is InChI=1S/C48H58ClF2N11O5/c1-29-23-31(24-36(42(29)49)61-18-11-41(63)55-46(61)66)45(65)59-21-14-47(15-22-59)12-19-58(20-13-47)39-10-16-57(28-48(39,50)51)27-30-5-4-6-35-32(30)9-17-60(35)40-25-34(52-2)43-53-26-37(62(43)56-40)44(64)54-33-7-8-38(33)67-3/h4-6,23-26,33,38-39,52H,7-22,27-28H2,1-3H3,(H,54,64)(H,55,63,66)/t33-,38-,39+/m1/s1. The van der Waals surface area contributed by atoms with Crippen molar-refractivity contribution in [3.05, 3.63) is 75.6 Å². The van der Waals surface area contributed by atoms with E-state index in [2.05, 4.69) is 25.8 Å². The third-order valence-corrected chi connectivity index (χ3v) is 16.0. The number of imide groups is 1. The van der Waals surface area contributed by atoms with Gasteiger partial charge >= 0.3 is 6.03 Å². The van der Waals surface area contributed by atoms with Crippen molar-refractivity contribution in [1.29, 1.82) is 0 Å². The Morgan fingerprint density at radius 2 is 1.70 bits per heavy atom. The van der Waals surface area contributed by atoms with E-state index in [1.54, 1.807) is 36.9 Å². The first-order chi connectivity index (χ1) is 32.2. The number of benzene rings is 2. The van der Waals surface area contributed by atoms with Crippen molar-refractivity contribution >= 4 is 63.9 Å². The number of rotatable bonds is 10. The monoisotopic (exact) mass is 941 g/mol. The van der Waals surface area contributed by atoms with Crippen LogP contribution < -0.4 is 25.8 Å². The lowest BCUT2D eigenvalue weighted by atomic mass is 9.70. The third kappa shape index (κ3) is 8.48. The number of amides is 5. The SMILES string of the molecule is CNc1cc(N2CCc3c(CN4CC[C@H](N5CCC6(CCN(C(=O)c7cc(C)c(Cl)c(N8CCC(=O)NC8=O)c7)CC6)CC5)C(F)(F)C4)cccc32)nn2c(C(=O)N[C@@H]3CC[C@H]3OC)cnc12. The van der Waals surface area contributed by atoms with E-state index in [1.165, 1.54) is 4.90 Å². The van der Waals surface area contributed by atoms with Gasteiger partial charge in [0.15, 0.2) is 17.2 Å². The molecule has 4 saturated heterocycles. The Hall–Kier alpha value is -5.43. The van der Waals surface area contributed by atoms with Crippen LogP contribution in [0.25, 0.3) is 5.65 Å². The predicted molar refractivity (Wildman–Crippen MR) is 250 cm³/mol. The molecule has 67 heavy (non-hydrogen) atoms. The maximum Gasteiger partial charge on any atom is 0.328 e. The van der Waals surface area contributed by atoms with Crippen LogP contribution in [0.4, 0.5) is 36.5 Å². The smallest absolute Gasteiger partial charge is 0.328 e. The number of aromatic nitrogens is 3. The van der Waals surface area contributed by atoms with E-state index in [1.807, 2.05) is 46.0 Å². The molecule has 0 bridgehead atoms. The molecule has 0 unspecified atom stereocenters. The summed E-state index contributed by atoms with van der Waals surface area (Å²) in [5.74, 6) is -2.98. The van der Waals surface area contributed by atoms with Gasteiger partial charge in [0.2, 0.25) is 5.91 Å². The summed E-state index contributed by atoms with van der Waals surface area (Å²) in [6, 6.07) is 9.94. The summed E-state index contributed by atoms with van der Waals surface area (Å²) >= 11 is 6.60. The highest BCUT2D eigenvalue weighted by Crippen LogP contribution is 2.45. The largest absolute Gasteiger partial charge is 0.385 e. The van der Waals surface area contributed by atoms with E-state index >= 15 is 8.78 Å². The predicted octanol–water partition coefficient (Wildman–Crippen LogP) is 6.01. The highest BCUT2D eigenvalue weighted by molar-refractivity contribution is 6.35. The van der Waals surface area contributed by atoms with Gasteiger partial charge in [-0.2, -0.15) is 0 Å². The number of carbonyl (C=O) groups is 4. The highest BCUT2D eigenvalue weighted by atomic mass is 35.5. The quantitative estimate of drug-likeness (QED) is 0.171. The van der Waals surface area contributed by atoms with E-state index in [4.69, 9.17) is 21.4 Å². The molecule has 16 nitrogen and oxygen atoms in total. The van der Waals surface area contributed by atoms with Gasteiger partial charge in [0, 0.05) is 77.2 Å². The number of imidazole rings is 1. The lowest BCUT2D eigenvalue weighted by molar-refractivity contribution is -0.139. The number of nitrogens with one attached hydrogen (secondary N) is 3. The number of halogens is 3. The molecule has 3 atom stereocenters. The van der Waals surface area contributed by atoms with E-state index < -0.39 is 18.0 Å². The zero-order valence-electron chi connectivity index (χ0n) is 38.3. The van der Waals surface area contributed by atoms with Crippen molar-refractivity contribution in [2.75, 3.05) is 81.6 Å². The fraction of sp³-hybridized carbons (Fsp3) is 0.542. The second-order valence-corrected chi connectivity index (χ2v) is 19.7. The van der Waals surface area contributed by atoms with Gasteiger partial charge in [0.25, 0.3) is 17.7 Å². The molecule has 1 aliphatic carbocycles. The van der Waals surface area contributed by atoms with Crippen LogP contribution in [-0.2, 0) is 22.5 Å². The topological polar surface area (TPSA) is 160 Å². The Labute approximate surface area is 393 Å². The molecule has 7 heterocycles. The number of nitrogens with zero attached hydrogens (tertiary/aromatic N) is 8. The highest BCUT2D eigenvalue weighted by Gasteiger charge is 2.50. The summed E-state index contributed by atoms with van der Waals surface area (Å²) < 4.78 is 39.6. The molecule has 5 aliphatic heterocycles. The van der Waals surface area contributed by atoms with Crippen LogP contribution >= 0.6 is 11.6 Å². The van der Waals surface area contributed by atoms with E-state index in [-0.39, 0.29) is 54.8 Å². The molecule has 5 amide bonds. The number of hydrogen-bond donors (Lipinski definition) is 3. The number of fused-ring (bicyclic) bond motifs is 2. The minimum absolute atomic E-state index is 0.000289. The number of piperidine rings is 3. The lowest BCUT2D eigenvalue weighted by Crippen LogP contribution is -2.60. The number of aryl methyl sites for hydroxylation is 1.